The standard InChI is InChI=1S/C28H46O5/c1-2-3-4-9-23(32-27-10-5-7-16-30-27)12-13-24-25-19-21(14-15-29)18-22(25)20-26(24)33-28-11-6-8-17-31-28/h12-13,18,22-29H,2-11,14-17,19-20H2,1H3/t22-,23?,24+,25+,26+,27?,28?/m1/s1. The van der Waals surface area contributed by atoms with Crippen LogP contribution >= 0.6 is 0 Å². The summed E-state index contributed by atoms with van der Waals surface area (Å²) in [5, 5.41) is 9.43. The van der Waals surface area contributed by atoms with E-state index in [2.05, 4.69) is 25.2 Å². The first-order valence-electron chi connectivity index (χ1n) is 13.8. The minimum Gasteiger partial charge on any atom is -0.396 e. The summed E-state index contributed by atoms with van der Waals surface area (Å²) in [6, 6.07) is 0. The van der Waals surface area contributed by atoms with E-state index < -0.39 is 0 Å². The molecule has 2 aliphatic carbocycles. The number of ether oxygens (including phenoxy) is 4. The summed E-state index contributed by atoms with van der Waals surface area (Å²) < 4.78 is 24.8. The molecule has 0 bridgehead atoms. The monoisotopic (exact) mass is 462 g/mol. The van der Waals surface area contributed by atoms with Crippen molar-refractivity contribution in [2.75, 3.05) is 19.8 Å². The third kappa shape index (κ3) is 7.38. The van der Waals surface area contributed by atoms with Crippen molar-refractivity contribution in [1.29, 1.82) is 0 Å². The fraction of sp³-hybridized carbons (Fsp3) is 0.857. The van der Waals surface area contributed by atoms with Gasteiger partial charge in [-0.15, -0.1) is 0 Å². The van der Waals surface area contributed by atoms with Crippen LogP contribution in [0.15, 0.2) is 23.8 Å². The second-order valence-corrected chi connectivity index (χ2v) is 10.5. The molecule has 0 aromatic carbocycles. The summed E-state index contributed by atoms with van der Waals surface area (Å²) in [5.41, 5.74) is 1.42. The molecule has 0 aromatic heterocycles. The average molecular weight is 463 g/mol. The summed E-state index contributed by atoms with van der Waals surface area (Å²) in [4.78, 5) is 0. The second-order valence-electron chi connectivity index (χ2n) is 10.5. The van der Waals surface area contributed by atoms with E-state index in [4.69, 9.17) is 18.9 Å². The number of rotatable bonds is 12. The first-order valence-corrected chi connectivity index (χ1v) is 13.8. The summed E-state index contributed by atoms with van der Waals surface area (Å²) in [7, 11) is 0. The molecular weight excluding hydrogens is 416 g/mol. The molecule has 4 aliphatic rings. The van der Waals surface area contributed by atoms with Gasteiger partial charge < -0.3 is 24.1 Å². The molecule has 4 rings (SSSR count). The molecule has 3 unspecified atom stereocenters. The summed E-state index contributed by atoms with van der Waals surface area (Å²) in [6.45, 7) is 4.14. The molecule has 1 saturated carbocycles. The molecule has 188 valence electrons. The Labute approximate surface area is 200 Å². The minimum absolute atomic E-state index is 0.0494. The Morgan fingerprint density at radius 3 is 2.58 bits per heavy atom. The first-order chi connectivity index (χ1) is 16.3. The fourth-order valence-corrected chi connectivity index (χ4v) is 6.14. The minimum atomic E-state index is -0.0571. The lowest BCUT2D eigenvalue weighted by molar-refractivity contribution is -0.193. The van der Waals surface area contributed by atoms with E-state index in [-0.39, 0.29) is 31.4 Å². The van der Waals surface area contributed by atoms with Gasteiger partial charge in [0.15, 0.2) is 12.6 Å². The highest BCUT2D eigenvalue weighted by molar-refractivity contribution is 5.21. The molecule has 0 aromatic rings. The number of hydrogen-bond acceptors (Lipinski definition) is 5. The lowest BCUT2D eigenvalue weighted by Gasteiger charge is -2.30. The predicted octanol–water partition coefficient (Wildman–Crippen LogP) is 5.91. The van der Waals surface area contributed by atoms with Crippen LogP contribution < -0.4 is 0 Å². The van der Waals surface area contributed by atoms with Crippen molar-refractivity contribution in [3.8, 4) is 0 Å². The normalized spacial score (nSPS) is 35.6. The van der Waals surface area contributed by atoms with Crippen molar-refractivity contribution in [1.82, 2.24) is 0 Å². The summed E-state index contributed by atoms with van der Waals surface area (Å²) in [6.07, 6.45) is 21.7. The largest absolute Gasteiger partial charge is 0.396 e. The maximum absolute atomic E-state index is 9.43. The van der Waals surface area contributed by atoms with Gasteiger partial charge in [0.1, 0.15) is 0 Å². The van der Waals surface area contributed by atoms with E-state index in [1.54, 1.807) is 0 Å². The summed E-state index contributed by atoms with van der Waals surface area (Å²) in [5.74, 6) is 1.49. The maximum atomic E-state index is 9.43. The molecule has 0 amide bonds. The van der Waals surface area contributed by atoms with Gasteiger partial charge in [0.2, 0.25) is 0 Å². The molecule has 0 spiro atoms. The van der Waals surface area contributed by atoms with E-state index in [1.165, 1.54) is 37.7 Å². The maximum Gasteiger partial charge on any atom is 0.158 e. The van der Waals surface area contributed by atoms with Crippen molar-refractivity contribution in [3.05, 3.63) is 23.8 Å². The van der Waals surface area contributed by atoms with Crippen molar-refractivity contribution >= 4 is 0 Å². The summed E-state index contributed by atoms with van der Waals surface area (Å²) >= 11 is 0. The molecule has 1 N–H and O–H groups in total. The third-order valence-corrected chi connectivity index (χ3v) is 7.93. The Morgan fingerprint density at radius 1 is 1.09 bits per heavy atom. The highest BCUT2D eigenvalue weighted by Crippen LogP contribution is 2.49. The second kappa shape index (κ2) is 13.4. The zero-order valence-electron chi connectivity index (χ0n) is 20.7. The van der Waals surface area contributed by atoms with Crippen LogP contribution in [-0.4, -0.2) is 49.7 Å². The van der Waals surface area contributed by atoms with Gasteiger partial charge in [0.05, 0.1) is 12.2 Å². The zero-order valence-corrected chi connectivity index (χ0v) is 20.7. The van der Waals surface area contributed by atoms with Gasteiger partial charge in [0.25, 0.3) is 0 Å². The number of fused-ring (bicyclic) bond motifs is 1. The fourth-order valence-electron chi connectivity index (χ4n) is 6.14. The van der Waals surface area contributed by atoms with E-state index >= 15 is 0 Å². The van der Waals surface area contributed by atoms with Gasteiger partial charge in [-0.1, -0.05) is 50.0 Å². The van der Waals surface area contributed by atoms with Gasteiger partial charge >= 0.3 is 0 Å². The topological polar surface area (TPSA) is 57.2 Å². The van der Waals surface area contributed by atoms with Crippen LogP contribution in [0.25, 0.3) is 0 Å². The van der Waals surface area contributed by atoms with Crippen LogP contribution in [-0.2, 0) is 18.9 Å². The Hall–Kier alpha value is -0.720. The van der Waals surface area contributed by atoms with E-state index in [0.29, 0.717) is 17.8 Å². The van der Waals surface area contributed by atoms with Crippen LogP contribution in [0.2, 0.25) is 0 Å². The molecule has 0 radical (unpaired) electrons. The first kappa shape index (κ1) is 25.4. The smallest absolute Gasteiger partial charge is 0.158 e. The molecule has 5 nitrogen and oxygen atoms in total. The van der Waals surface area contributed by atoms with Gasteiger partial charge in [-0.25, -0.2) is 0 Å². The number of hydrogen-bond donors (Lipinski definition) is 1. The van der Waals surface area contributed by atoms with Crippen LogP contribution in [0.4, 0.5) is 0 Å². The SMILES string of the molecule is CCCCCC(C=C[C@H]1[C@H]2CC(CCO)=C[C@@H]2C[C@@H]1OC1CCCCO1)OC1CCCCO1. The highest BCUT2D eigenvalue weighted by Gasteiger charge is 2.45. The van der Waals surface area contributed by atoms with Crippen LogP contribution in [0.5, 0.6) is 0 Å². The Bertz CT molecular complexity index is 620. The molecule has 5 heteroatoms. The zero-order chi connectivity index (χ0) is 22.9. The number of aliphatic hydroxyl groups is 1. The average Bonchev–Trinajstić information content (AvgIpc) is 3.36. The molecule has 2 aliphatic heterocycles. The van der Waals surface area contributed by atoms with Crippen LogP contribution in [0.3, 0.4) is 0 Å². The molecule has 7 atom stereocenters. The number of unbranched alkanes of at least 4 members (excludes halogenated alkanes) is 2. The predicted molar refractivity (Wildman–Crippen MR) is 130 cm³/mol. The molecular formula is C28H46O5. The number of aliphatic hydroxyl groups excluding tert-OH is 1. The molecule has 2 heterocycles. The van der Waals surface area contributed by atoms with E-state index in [0.717, 1.165) is 64.6 Å². The third-order valence-electron chi connectivity index (χ3n) is 7.93. The van der Waals surface area contributed by atoms with E-state index in [1.807, 2.05) is 0 Å². The van der Waals surface area contributed by atoms with Gasteiger partial charge in [0, 0.05) is 25.7 Å². The molecule has 2 saturated heterocycles. The molecule has 33 heavy (non-hydrogen) atoms. The van der Waals surface area contributed by atoms with Crippen molar-refractivity contribution in [2.24, 2.45) is 17.8 Å². The van der Waals surface area contributed by atoms with Crippen LogP contribution in [0, 0.1) is 17.8 Å². The Morgan fingerprint density at radius 2 is 1.88 bits per heavy atom. The highest BCUT2D eigenvalue weighted by atomic mass is 16.7. The van der Waals surface area contributed by atoms with Crippen molar-refractivity contribution in [3.63, 3.8) is 0 Å². The van der Waals surface area contributed by atoms with Crippen molar-refractivity contribution in [2.45, 2.75) is 115 Å². The Balaban J connectivity index is 1.43. The lowest BCUT2D eigenvalue weighted by atomic mass is 9.88. The van der Waals surface area contributed by atoms with Gasteiger partial charge in [-0.3, -0.25) is 0 Å². The van der Waals surface area contributed by atoms with Gasteiger partial charge in [-0.2, -0.15) is 0 Å². The van der Waals surface area contributed by atoms with E-state index in [9.17, 15) is 5.11 Å². The lowest BCUT2D eigenvalue weighted by Crippen LogP contribution is -2.31. The van der Waals surface area contributed by atoms with Crippen LogP contribution in [0.1, 0.15) is 90.4 Å². The number of allylic oxidation sites excluding steroid dienone is 1. The Kier molecular flexibility index (Phi) is 10.3. The van der Waals surface area contributed by atoms with Gasteiger partial charge in [-0.05, 0) is 76.0 Å². The van der Waals surface area contributed by atoms with Crippen molar-refractivity contribution < 1.29 is 24.1 Å². The molecule has 3 fully saturated rings. The quantitative estimate of drug-likeness (QED) is 0.289.